The van der Waals surface area contributed by atoms with Gasteiger partial charge in [-0.1, -0.05) is 21.6 Å². The number of thiol groups is 1. The van der Waals surface area contributed by atoms with Gasteiger partial charge >= 0.3 is 29.8 Å². The monoisotopic (exact) mass is 733 g/mol. The van der Waals surface area contributed by atoms with E-state index >= 15 is 0 Å². The lowest BCUT2D eigenvalue weighted by Crippen LogP contribution is -2.50. The molecule has 268 valence electrons. The maximum absolute atomic E-state index is 12.4. The molecule has 0 aliphatic rings. The number of rotatable bonds is 23. The Balaban J connectivity index is 0. The second-order valence-corrected chi connectivity index (χ2v) is 12.0. The van der Waals surface area contributed by atoms with Crippen molar-refractivity contribution in [2.45, 2.75) is 55.9 Å². The van der Waals surface area contributed by atoms with Gasteiger partial charge in [0.15, 0.2) is 0 Å². The molecule has 0 fully saturated rings. The zero-order valence-electron chi connectivity index (χ0n) is 24.7. The molecule has 24 heteroatoms. The highest BCUT2D eigenvalue weighted by atomic mass is 33.1. The van der Waals surface area contributed by atoms with Crippen LogP contribution in [0.3, 0.4) is 0 Å². The highest BCUT2D eigenvalue weighted by Gasteiger charge is 2.25. The molecule has 0 saturated carbocycles. The molecule has 1 unspecified atom stereocenters. The van der Waals surface area contributed by atoms with Gasteiger partial charge in [0.1, 0.15) is 43.3 Å². The number of carboxylic acid groups (broad SMARTS) is 5. The van der Waals surface area contributed by atoms with Crippen molar-refractivity contribution in [1.29, 1.82) is 0 Å². The zero-order chi connectivity index (χ0) is 36.7. The van der Waals surface area contributed by atoms with Gasteiger partial charge in [-0.05, 0) is 12.8 Å². The van der Waals surface area contributed by atoms with Crippen molar-refractivity contribution < 1.29 is 68.7 Å². The van der Waals surface area contributed by atoms with E-state index < -0.39 is 96.8 Å². The Morgan fingerprint density at radius 2 is 0.894 bits per heavy atom. The van der Waals surface area contributed by atoms with Crippen LogP contribution in [0, 0.1) is 0 Å². The van der Waals surface area contributed by atoms with Crippen LogP contribution in [0.1, 0.15) is 25.7 Å². The van der Waals surface area contributed by atoms with E-state index in [4.69, 9.17) is 42.7 Å². The van der Waals surface area contributed by atoms with Crippen LogP contribution in [-0.4, -0.2) is 140 Å². The highest BCUT2D eigenvalue weighted by Crippen LogP contribution is 2.23. The van der Waals surface area contributed by atoms with E-state index in [1.54, 1.807) is 0 Å². The van der Waals surface area contributed by atoms with Crippen molar-refractivity contribution in [2.24, 2.45) is 17.2 Å². The Kier molecular flexibility index (Phi) is 24.4. The summed E-state index contributed by atoms with van der Waals surface area (Å²) in [6, 6.07) is -5.97. The molecular weight excluding hydrogens is 694 g/mol. The molecule has 0 spiro atoms. The summed E-state index contributed by atoms with van der Waals surface area (Å²) in [7, 11) is 1.89. The fraction of sp³-hybridized carbons (Fsp3) is 0.609. The van der Waals surface area contributed by atoms with Crippen molar-refractivity contribution >= 4 is 87.7 Å². The SMILES string of the molecule is NC(CS)C(=O)O.N[C@@H](CCC(=O)N[C@@H](CSSC[C@H](NC(=O)CC[C@H](N)C(=O)O)C(=O)NCC(=O)O)C(=O)NCC(=O)O)C(=O)O. The van der Waals surface area contributed by atoms with Crippen molar-refractivity contribution in [3.63, 3.8) is 0 Å². The Labute approximate surface area is 280 Å². The van der Waals surface area contributed by atoms with Gasteiger partial charge in [0.05, 0.1) is 0 Å². The number of hydrogen-bond acceptors (Lipinski definition) is 15. The quantitative estimate of drug-likeness (QED) is 0.0267. The Morgan fingerprint density at radius 3 is 1.13 bits per heavy atom. The van der Waals surface area contributed by atoms with E-state index in [-0.39, 0.29) is 42.9 Å². The third-order valence-corrected chi connectivity index (χ3v) is 8.01. The molecule has 0 aromatic rings. The van der Waals surface area contributed by atoms with Crippen LogP contribution in [0.5, 0.6) is 0 Å². The molecule has 5 atom stereocenters. The number of aliphatic carboxylic acids is 5. The van der Waals surface area contributed by atoms with E-state index in [1.165, 1.54) is 0 Å². The first kappa shape index (κ1) is 45.3. The lowest BCUT2D eigenvalue weighted by atomic mass is 10.1. The third kappa shape index (κ3) is 24.1. The van der Waals surface area contributed by atoms with Crippen LogP contribution in [0.2, 0.25) is 0 Å². The number of nitrogens with one attached hydrogen (secondary N) is 4. The summed E-state index contributed by atoms with van der Waals surface area (Å²) in [6.07, 6.45) is -1.12. The minimum Gasteiger partial charge on any atom is -0.480 e. The highest BCUT2D eigenvalue weighted by molar-refractivity contribution is 8.76. The van der Waals surface area contributed by atoms with E-state index in [2.05, 4.69) is 33.9 Å². The van der Waals surface area contributed by atoms with Crippen LogP contribution in [-0.2, 0) is 43.2 Å². The standard InChI is InChI=1S/C20H32N6O12S2.C3H7NO2S/c21-9(19(35)36)1-3-13(27)25-11(17(33)23-5-15(29)30)7-39-40-8-12(18(34)24-6-16(31)32)26-14(28)4-2-10(22)20(37)38;4-2(1-7)3(5)6/h9-12H,1-8,21-22H2,(H,23,33)(H,24,34)(H,25,27)(H,26,28)(H,29,30)(H,31,32)(H,35,36)(H,37,38);2,7H,1,4H2,(H,5,6)/t9-,10-,11-,12-;/m0./s1. The molecule has 0 radical (unpaired) electrons. The third-order valence-electron chi connectivity index (χ3n) is 5.20. The maximum Gasteiger partial charge on any atom is 0.322 e. The first-order chi connectivity index (χ1) is 21.8. The van der Waals surface area contributed by atoms with Crippen molar-refractivity contribution in [3.8, 4) is 0 Å². The second-order valence-electron chi connectivity index (χ2n) is 9.13. The van der Waals surface area contributed by atoms with Crippen LogP contribution >= 0.6 is 34.2 Å². The van der Waals surface area contributed by atoms with Gasteiger partial charge in [0, 0.05) is 30.1 Å². The number of carbonyl (C=O) groups excluding carboxylic acids is 4. The minimum atomic E-state index is -1.34. The summed E-state index contributed by atoms with van der Waals surface area (Å²) in [5.74, 6) is -9.63. The molecule has 0 aliphatic heterocycles. The number of nitrogens with two attached hydrogens (primary N) is 3. The summed E-state index contributed by atoms with van der Waals surface area (Å²) in [6.45, 7) is -1.48. The number of hydrogen-bond donors (Lipinski definition) is 13. The van der Waals surface area contributed by atoms with Gasteiger partial charge in [-0.25, -0.2) is 0 Å². The molecule has 15 N–H and O–H groups in total. The normalized spacial score (nSPS) is 13.5. The molecule has 47 heavy (non-hydrogen) atoms. The molecule has 0 saturated heterocycles. The van der Waals surface area contributed by atoms with Crippen LogP contribution in [0.15, 0.2) is 0 Å². The number of carbonyl (C=O) groups is 9. The summed E-state index contributed by atoms with van der Waals surface area (Å²) in [4.78, 5) is 102. The first-order valence-corrected chi connectivity index (χ1v) is 16.3. The first-order valence-electron chi connectivity index (χ1n) is 13.2. The van der Waals surface area contributed by atoms with Gasteiger partial charge < -0.3 is 64.0 Å². The zero-order valence-corrected chi connectivity index (χ0v) is 27.2. The van der Waals surface area contributed by atoms with Gasteiger partial charge in [-0.15, -0.1) is 0 Å². The Hall–Kier alpha value is -3.84. The number of amides is 4. The molecule has 21 nitrogen and oxygen atoms in total. The smallest absolute Gasteiger partial charge is 0.322 e. The Bertz CT molecular complexity index is 1040. The topological polar surface area (TPSA) is 381 Å². The van der Waals surface area contributed by atoms with Gasteiger partial charge in [0.2, 0.25) is 23.6 Å². The lowest BCUT2D eigenvalue weighted by molar-refractivity contribution is -0.140. The number of carboxylic acids is 5. The van der Waals surface area contributed by atoms with Crippen molar-refractivity contribution in [2.75, 3.05) is 30.3 Å². The predicted octanol–water partition coefficient (Wildman–Crippen LogP) is -4.55. The Morgan fingerprint density at radius 1 is 0.574 bits per heavy atom. The van der Waals surface area contributed by atoms with Gasteiger partial charge in [-0.2, -0.15) is 12.6 Å². The fourth-order valence-electron chi connectivity index (χ4n) is 2.60. The molecule has 0 aromatic heterocycles. The van der Waals surface area contributed by atoms with E-state index in [1.807, 2.05) is 0 Å². The lowest BCUT2D eigenvalue weighted by Gasteiger charge is -2.20. The van der Waals surface area contributed by atoms with Gasteiger partial charge in [0.25, 0.3) is 0 Å². The summed E-state index contributed by atoms with van der Waals surface area (Å²) in [5.41, 5.74) is 15.6. The molecule has 0 heterocycles. The van der Waals surface area contributed by atoms with Crippen LogP contribution < -0.4 is 38.5 Å². The predicted molar refractivity (Wildman–Crippen MR) is 169 cm³/mol. The van der Waals surface area contributed by atoms with E-state index in [0.717, 1.165) is 21.6 Å². The summed E-state index contributed by atoms with van der Waals surface area (Å²) < 4.78 is 0. The molecule has 0 bridgehead atoms. The second kappa shape index (κ2) is 25.3. The summed E-state index contributed by atoms with van der Waals surface area (Å²) >= 11 is 3.65. The molecule has 0 aromatic carbocycles. The minimum absolute atomic E-state index is 0.155. The average Bonchev–Trinajstić information content (AvgIpc) is 3.00. The summed E-state index contributed by atoms with van der Waals surface area (Å²) in [5, 5.41) is 52.1. The van der Waals surface area contributed by atoms with Crippen molar-refractivity contribution in [1.82, 2.24) is 21.3 Å². The van der Waals surface area contributed by atoms with Crippen LogP contribution in [0.4, 0.5) is 0 Å². The largest absolute Gasteiger partial charge is 0.480 e. The maximum atomic E-state index is 12.4. The van der Waals surface area contributed by atoms with E-state index in [9.17, 15) is 43.2 Å². The molecule has 0 rings (SSSR count). The van der Waals surface area contributed by atoms with E-state index in [0.29, 0.717) is 0 Å². The molecule has 4 amide bonds. The molecule has 0 aliphatic carbocycles. The van der Waals surface area contributed by atoms with Gasteiger partial charge in [-0.3, -0.25) is 43.2 Å². The van der Waals surface area contributed by atoms with Crippen molar-refractivity contribution in [3.05, 3.63) is 0 Å². The average molecular weight is 734 g/mol. The van der Waals surface area contributed by atoms with Crippen LogP contribution in [0.25, 0.3) is 0 Å². The fourth-order valence-corrected chi connectivity index (χ4v) is 5.09. The molecular formula is C23H39N7O14S3.